The summed E-state index contributed by atoms with van der Waals surface area (Å²) in [6, 6.07) is 9.19. The van der Waals surface area contributed by atoms with E-state index in [1.807, 2.05) is 0 Å². The molecular weight excluding hydrogens is 234 g/mol. The normalized spacial score (nSPS) is 26.8. The Morgan fingerprint density at radius 3 is 2.84 bits per heavy atom. The van der Waals surface area contributed by atoms with E-state index in [2.05, 4.69) is 36.6 Å². The Morgan fingerprint density at radius 2 is 2.05 bits per heavy atom. The van der Waals surface area contributed by atoms with E-state index in [0.717, 1.165) is 12.5 Å². The SMILES string of the molecule is CNC1c2ccccc2CCCC1OCCC1CC1. The molecule has 19 heavy (non-hydrogen) atoms. The third-order valence-corrected chi connectivity index (χ3v) is 4.56. The molecule has 2 aliphatic carbocycles. The molecule has 2 unspecified atom stereocenters. The van der Waals surface area contributed by atoms with Crippen LogP contribution in [0.4, 0.5) is 0 Å². The monoisotopic (exact) mass is 259 g/mol. The molecule has 1 aromatic carbocycles. The van der Waals surface area contributed by atoms with E-state index in [1.54, 1.807) is 0 Å². The lowest BCUT2D eigenvalue weighted by atomic mass is 9.98. The van der Waals surface area contributed by atoms with Gasteiger partial charge in [0.1, 0.15) is 0 Å². The highest BCUT2D eigenvalue weighted by Gasteiger charge is 2.28. The van der Waals surface area contributed by atoms with Gasteiger partial charge in [0.05, 0.1) is 12.1 Å². The third-order valence-electron chi connectivity index (χ3n) is 4.56. The number of hydrogen-bond donors (Lipinski definition) is 1. The molecule has 0 spiro atoms. The number of fused-ring (bicyclic) bond motifs is 1. The maximum atomic E-state index is 6.21. The molecule has 1 fully saturated rings. The minimum Gasteiger partial charge on any atom is -0.376 e. The summed E-state index contributed by atoms with van der Waals surface area (Å²) in [4.78, 5) is 0. The largest absolute Gasteiger partial charge is 0.376 e. The van der Waals surface area contributed by atoms with Crippen LogP contribution in [0.3, 0.4) is 0 Å². The highest BCUT2D eigenvalue weighted by Crippen LogP contribution is 2.34. The molecule has 2 heteroatoms. The summed E-state index contributed by atoms with van der Waals surface area (Å²) in [5.41, 5.74) is 2.94. The summed E-state index contributed by atoms with van der Waals surface area (Å²) in [7, 11) is 2.06. The molecular formula is C17H25NO. The Balaban J connectivity index is 1.68. The van der Waals surface area contributed by atoms with Gasteiger partial charge < -0.3 is 10.1 Å². The van der Waals surface area contributed by atoms with Gasteiger partial charge in [-0.2, -0.15) is 0 Å². The zero-order chi connectivity index (χ0) is 13.1. The number of likely N-dealkylation sites (N-methyl/N-ethyl adjacent to an activating group) is 1. The van der Waals surface area contributed by atoms with Crippen molar-refractivity contribution in [3.8, 4) is 0 Å². The van der Waals surface area contributed by atoms with Gasteiger partial charge in [-0.3, -0.25) is 0 Å². The number of rotatable bonds is 5. The predicted octanol–water partition coefficient (Wildman–Crippen LogP) is 3.47. The Labute approximate surface area is 116 Å². The van der Waals surface area contributed by atoms with Crippen LogP contribution >= 0.6 is 0 Å². The Morgan fingerprint density at radius 1 is 1.21 bits per heavy atom. The average molecular weight is 259 g/mol. The predicted molar refractivity (Wildman–Crippen MR) is 78.3 cm³/mol. The number of ether oxygens (including phenoxy) is 1. The standard InChI is InChI=1S/C17H25NO/c1-18-17-15-7-3-2-5-14(15)6-4-8-16(17)19-12-11-13-9-10-13/h2-3,5,7,13,16-18H,4,6,8-12H2,1H3. The van der Waals surface area contributed by atoms with E-state index in [4.69, 9.17) is 4.74 Å². The first-order valence-electron chi connectivity index (χ1n) is 7.75. The topological polar surface area (TPSA) is 21.3 Å². The van der Waals surface area contributed by atoms with Gasteiger partial charge in [0.15, 0.2) is 0 Å². The van der Waals surface area contributed by atoms with Gasteiger partial charge in [-0.1, -0.05) is 37.1 Å². The van der Waals surface area contributed by atoms with Crippen LogP contribution in [-0.2, 0) is 11.2 Å². The second kappa shape index (κ2) is 6.06. The third kappa shape index (κ3) is 3.18. The van der Waals surface area contributed by atoms with Gasteiger partial charge in [-0.15, -0.1) is 0 Å². The summed E-state index contributed by atoms with van der Waals surface area (Å²) < 4.78 is 6.21. The first-order valence-corrected chi connectivity index (χ1v) is 7.75. The fourth-order valence-electron chi connectivity index (χ4n) is 3.24. The molecule has 2 aliphatic rings. The van der Waals surface area contributed by atoms with Crippen LogP contribution < -0.4 is 5.32 Å². The first-order chi connectivity index (χ1) is 9.38. The second-order valence-corrected chi connectivity index (χ2v) is 6.00. The summed E-state index contributed by atoms with van der Waals surface area (Å²) in [6.07, 6.45) is 8.05. The van der Waals surface area contributed by atoms with Crippen LogP contribution in [-0.4, -0.2) is 19.8 Å². The van der Waals surface area contributed by atoms with Crippen molar-refractivity contribution in [3.05, 3.63) is 35.4 Å². The molecule has 0 radical (unpaired) electrons. The number of aryl methyl sites for hydroxylation is 1. The lowest BCUT2D eigenvalue weighted by Crippen LogP contribution is -2.31. The maximum Gasteiger partial charge on any atom is 0.0769 e. The zero-order valence-corrected chi connectivity index (χ0v) is 11.9. The van der Waals surface area contributed by atoms with E-state index in [9.17, 15) is 0 Å². The molecule has 1 saturated carbocycles. The number of nitrogens with one attached hydrogen (secondary N) is 1. The van der Waals surface area contributed by atoms with Crippen molar-refractivity contribution >= 4 is 0 Å². The Bertz CT molecular complexity index is 413. The Hall–Kier alpha value is -0.860. The van der Waals surface area contributed by atoms with Crippen molar-refractivity contribution < 1.29 is 4.74 Å². The molecule has 104 valence electrons. The van der Waals surface area contributed by atoms with E-state index >= 15 is 0 Å². The lowest BCUT2D eigenvalue weighted by Gasteiger charge is -2.26. The maximum absolute atomic E-state index is 6.21. The van der Waals surface area contributed by atoms with Crippen LogP contribution in [0.25, 0.3) is 0 Å². The zero-order valence-electron chi connectivity index (χ0n) is 11.9. The highest BCUT2D eigenvalue weighted by atomic mass is 16.5. The van der Waals surface area contributed by atoms with Crippen LogP contribution in [0.15, 0.2) is 24.3 Å². The molecule has 1 N–H and O–H groups in total. The molecule has 0 amide bonds. The lowest BCUT2D eigenvalue weighted by molar-refractivity contribution is 0.0195. The van der Waals surface area contributed by atoms with E-state index in [-0.39, 0.29) is 0 Å². The number of hydrogen-bond acceptors (Lipinski definition) is 2. The van der Waals surface area contributed by atoms with E-state index in [1.165, 1.54) is 49.7 Å². The molecule has 2 atom stereocenters. The second-order valence-electron chi connectivity index (χ2n) is 6.00. The molecule has 0 aromatic heterocycles. The van der Waals surface area contributed by atoms with Crippen LogP contribution in [0.2, 0.25) is 0 Å². The van der Waals surface area contributed by atoms with Gasteiger partial charge in [0.2, 0.25) is 0 Å². The fraction of sp³-hybridized carbons (Fsp3) is 0.647. The van der Waals surface area contributed by atoms with E-state index in [0.29, 0.717) is 12.1 Å². The molecule has 1 aromatic rings. The molecule has 0 bridgehead atoms. The smallest absolute Gasteiger partial charge is 0.0769 e. The highest BCUT2D eigenvalue weighted by molar-refractivity contribution is 5.32. The summed E-state index contributed by atoms with van der Waals surface area (Å²) in [6.45, 7) is 0.940. The van der Waals surface area contributed by atoms with Gasteiger partial charge in [-0.05, 0) is 49.8 Å². The number of benzene rings is 1. The van der Waals surface area contributed by atoms with Crippen LogP contribution in [0.5, 0.6) is 0 Å². The summed E-state index contributed by atoms with van der Waals surface area (Å²) in [5, 5.41) is 3.48. The van der Waals surface area contributed by atoms with Crippen LogP contribution in [0, 0.1) is 5.92 Å². The minimum atomic E-state index is 0.340. The minimum absolute atomic E-state index is 0.340. The van der Waals surface area contributed by atoms with Crippen molar-refractivity contribution in [1.29, 1.82) is 0 Å². The van der Waals surface area contributed by atoms with Crippen molar-refractivity contribution in [2.75, 3.05) is 13.7 Å². The molecule has 0 saturated heterocycles. The fourth-order valence-corrected chi connectivity index (χ4v) is 3.24. The van der Waals surface area contributed by atoms with Crippen molar-refractivity contribution in [2.45, 2.75) is 50.7 Å². The van der Waals surface area contributed by atoms with E-state index < -0.39 is 0 Å². The van der Waals surface area contributed by atoms with Gasteiger partial charge >= 0.3 is 0 Å². The Kier molecular flexibility index (Phi) is 4.19. The molecule has 2 nitrogen and oxygen atoms in total. The summed E-state index contributed by atoms with van der Waals surface area (Å²) in [5.74, 6) is 0.964. The van der Waals surface area contributed by atoms with Crippen molar-refractivity contribution in [2.24, 2.45) is 5.92 Å². The van der Waals surface area contributed by atoms with Crippen molar-refractivity contribution in [1.82, 2.24) is 5.32 Å². The first kappa shape index (κ1) is 13.1. The van der Waals surface area contributed by atoms with Gasteiger partial charge in [-0.25, -0.2) is 0 Å². The average Bonchev–Trinajstić information content (AvgIpc) is 3.25. The van der Waals surface area contributed by atoms with Gasteiger partial charge in [0, 0.05) is 6.61 Å². The summed E-state index contributed by atoms with van der Waals surface area (Å²) >= 11 is 0. The molecule has 0 aliphatic heterocycles. The van der Waals surface area contributed by atoms with Gasteiger partial charge in [0.25, 0.3) is 0 Å². The molecule has 0 heterocycles. The quantitative estimate of drug-likeness (QED) is 0.818. The molecule has 3 rings (SSSR count). The van der Waals surface area contributed by atoms with Crippen LogP contribution in [0.1, 0.15) is 49.3 Å². The van der Waals surface area contributed by atoms with Crippen molar-refractivity contribution in [3.63, 3.8) is 0 Å².